The maximum absolute atomic E-state index is 12.8. The van der Waals surface area contributed by atoms with Crippen molar-refractivity contribution >= 4 is 11.8 Å². The number of piperidine rings is 2. The first kappa shape index (κ1) is 19.7. The van der Waals surface area contributed by atoms with E-state index in [9.17, 15) is 9.59 Å². The molecule has 5 heteroatoms. The van der Waals surface area contributed by atoms with Gasteiger partial charge < -0.3 is 9.80 Å². The second-order valence-corrected chi connectivity index (χ2v) is 9.03. The molecule has 3 aliphatic rings. The predicted octanol–water partition coefficient (Wildman–Crippen LogP) is 2.61. The third-order valence-corrected chi connectivity index (χ3v) is 6.43. The number of carbonyl (C=O) groups is 2. The van der Waals surface area contributed by atoms with Crippen LogP contribution in [-0.2, 0) is 9.59 Å². The van der Waals surface area contributed by atoms with E-state index in [0.717, 1.165) is 65.0 Å². The molecule has 3 aliphatic heterocycles. The summed E-state index contributed by atoms with van der Waals surface area (Å²) >= 11 is 0. The molecule has 2 unspecified atom stereocenters. The van der Waals surface area contributed by atoms with Gasteiger partial charge in [0.1, 0.15) is 0 Å². The monoisotopic (exact) mass is 363 g/mol. The minimum absolute atomic E-state index is 0.175. The maximum Gasteiger partial charge on any atom is 0.236 e. The summed E-state index contributed by atoms with van der Waals surface area (Å²) in [6.45, 7) is 10.5. The number of nitrogens with zero attached hydrogens (tertiary/aromatic N) is 3. The van der Waals surface area contributed by atoms with Crippen LogP contribution in [0, 0.1) is 17.8 Å². The SMILES string of the molecule is CC1CC(C)CN(C(=O)CN2CCC(C(=O)N3CCCCCC3)CC2)C1. The first-order valence-corrected chi connectivity index (χ1v) is 10.8. The molecule has 0 N–H and O–H groups in total. The van der Waals surface area contributed by atoms with Gasteiger partial charge >= 0.3 is 0 Å². The molecule has 0 aromatic rings. The summed E-state index contributed by atoms with van der Waals surface area (Å²) in [5.74, 6) is 2.05. The summed E-state index contributed by atoms with van der Waals surface area (Å²) in [6, 6.07) is 0. The lowest BCUT2D eigenvalue weighted by Gasteiger charge is -2.38. The van der Waals surface area contributed by atoms with Crippen LogP contribution in [0.2, 0.25) is 0 Å². The fraction of sp³-hybridized carbons (Fsp3) is 0.905. The molecule has 0 radical (unpaired) electrons. The molecule has 0 saturated carbocycles. The fourth-order valence-electron chi connectivity index (χ4n) is 5.05. The highest BCUT2D eigenvalue weighted by Gasteiger charge is 2.31. The second kappa shape index (κ2) is 9.20. The Balaban J connectivity index is 1.43. The molecular weight excluding hydrogens is 326 g/mol. The molecule has 2 amide bonds. The first-order valence-electron chi connectivity index (χ1n) is 10.8. The van der Waals surface area contributed by atoms with Crippen LogP contribution in [0.15, 0.2) is 0 Å². The van der Waals surface area contributed by atoms with Gasteiger partial charge in [0.25, 0.3) is 0 Å². The molecule has 5 nitrogen and oxygen atoms in total. The van der Waals surface area contributed by atoms with Gasteiger partial charge in [-0.1, -0.05) is 26.7 Å². The smallest absolute Gasteiger partial charge is 0.236 e. The predicted molar refractivity (Wildman–Crippen MR) is 104 cm³/mol. The topological polar surface area (TPSA) is 43.9 Å². The minimum atomic E-state index is 0.175. The highest BCUT2D eigenvalue weighted by molar-refractivity contribution is 5.79. The average molecular weight is 364 g/mol. The Bertz CT molecular complexity index is 470. The van der Waals surface area contributed by atoms with Gasteiger partial charge in [-0.15, -0.1) is 0 Å². The van der Waals surface area contributed by atoms with E-state index in [0.29, 0.717) is 24.3 Å². The Morgan fingerprint density at radius 3 is 1.96 bits per heavy atom. The molecule has 0 aromatic carbocycles. The second-order valence-electron chi connectivity index (χ2n) is 9.03. The van der Waals surface area contributed by atoms with E-state index < -0.39 is 0 Å². The van der Waals surface area contributed by atoms with Crippen molar-refractivity contribution in [1.82, 2.24) is 14.7 Å². The number of hydrogen-bond donors (Lipinski definition) is 0. The van der Waals surface area contributed by atoms with Crippen molar-refractivity contribution in [2.45, 2.75) is 58.8 Å². The highest BCUT2D eigenvalue weighted by atomic mass is 16.2. The third-order valence-electron chi connectivity index (χ3n) is 6.43. The molecule has 148 valence electrons. The zero-order valence-corrected chi connectivity index (χ0v) is 16.8. The zero-order valence-electron chi connectivity index (χ0n) is 16.8. The number of likely N-dealkylation sites (tertiary alicyclic amines) is 3. The number of rotatable bonds is 3. The van der Waals surface area contributed by atoms with Gasteiger partial charge in [0.15, 0.2) is 0 Å². The van der Waals surface area contributed by atoms with E-state index >= 15 is 0 Å². The average Bonchev–Trinajstić information content (AvgIpc) is 2.90. The van der Waals surface area contributed by atoms with Crippen molar-refractivity contribution in [3.8, 4) is 0 Å². The van der Waals surface area contributed by atoms with E-state index in [1.165, 1.54) is 19.3 Å². The van der Waals surface area contributed by atoms with Gasteiger partial charge in [0.2, 0.25) is 11.8 Å². The van der Waals surface area contributed by atoms with Crippen LogP contribution in [0.5, 0.6) is 0 Å². The molecule has 0 aromatic heterocycles. The van der Waals surface area contributed by atoms with Gasteiger partial charge in [0, 0.05) is 32.1 Å². The molecule has 3 fully saturated rings. The molecule has 0 spiro atoms. The van der Waals surface area contributed by atoms with Crippen molar-refractivity contribution in [3.05, 3.63) is 0 Å². The first-order chi connectivity index (χ1) is 12.5. The molecule has 26 heavy (non-hydrogen) atoms. The van der Waals surface area contributed by atoms with Crippen LogP contribution < -0.4 is 0 Å². The highest BCUT2D eigenvalue weighted by Crippen LogP contribution is 2.23. The Morgan fingerprint density at radius 1 is 0.808 bits per heavy atom. The molecule has 2 atom stereocenters. The third kappa shape index (κ3) is 5.21. The van der Waals surface area contributed by atoms with Crippen LogP contribution in [-0.4, -0.2) is 72.3 Å². The normalized spacial score (nSPS) is 29.5. The summed E-state index contributed by atoms with van der Waals surface area (Å²) in [5, 5.41) is 0. The Kier molecular flexibility index (Phi) is 6.96. The van der Waals surface area contributed by atoms with Gasteiger partial charge in [-0.3, -0.25) is 14.5 Å². The van der Waals surface area contributed by atoms with E-state index in [-0.39, 0.29) is 11.8 Å². The van der Waals surface area contributed by atoms with E-state index in [1.807, 2.05) is 0 Å². The van der Waals surface area contributed by atoms with Crippen molar-refractivity contribution in [2.24, 2.45) is 17.8 Å². The van der Waals surface area contributed by atoms with Crippen LogP contribution in [0.1, 0.15) is 58.8 Å². The summed E-state index contributed by atoms with van der Waals surface area (Å²) < 4.78 is 0. The lowest BCUT2D eigenvalue weighted by atomic mass is 9.91. The number of amides is 2. The van der Waals surface area contributed by atoms with Crippen molar-refractivity contribution in [2.75, 3.05) is 45.8 Å². The summed E-state index contributed by atoms with van der Waals surface area (Å²) in [7, 11) is 0. The van der Waals surface area contributed by atoms with Gasteiger partial charge in [-0.2, -0.15) is 0 Å². The number of carbonyl (C=O) groups excluding carboxylic acids is 2. The van der Waals surface area contributed by atoms with Crippen molar-refractivity contribution < 1.29 is 9.59 Å². The van der Waals surface area contributed by atoms with Crippen molar-refractivity contribution in [1.29, 1.82) is 0 Å². The number of hydrogen-bond acceptors (Lipinski definition) is 3. The van der Waals surface area contributed by atoms with Crippen molar-refractivity contribution in [3.63, 3.8) is 0 Å². The van der Waals surface area contributed by atoms with E-state index in [4.69, 9.17) is 0 Å². The fourth-order valence-corrected chi connectivity index (χ4v) is 5.05. The molecule has 0 bridgehead atoms. The summed E-state index contributed by atoms with van der Waals surface area (Å²) in [6.07, 6.45) is 7.90. The molecular formula is C21H37N3O2. The lowest BCUT2D eigenvalue weighted by Crippen LogP contribution is -2.49. The Morgan fingerprint density at radius 2 is 1.38 bits per heavy atom. The van der Waals surface area contributed by atoms with Crippen LogP contribution in [0.4, 0.5) is 0 Å². The van der Waals surface area contributed by atoms with Gasteiger partial charge in [-0.25, -0.2) is 0 Å². The zero-order chi connectivity index (χ0) is 18.5. The summed E-state index contributed by atoms with van der Waals surface area (Å²) in [4.78, 5) is 31.9. The maximum atomic E-state index is 12.8. The van der Waals surface area contributed by atoms with E-state index in [1.54, 1.807) is 0 Å². The van der Waals surface area contributed by atoms with Crippen LogP contribution in [0.25, 0.3) is 0 Å². The van der Waals surface area contributed by atoms with Gasteiger partial charge in [0.05, 0.1) is 6.54 Å². The largest absolute Gasteiger partial charge is 0.342 e. The van der Waals surface area contributed by atoms with E-state index in [2.05, 4.69) is 28.5 Å². The Hall–Kier alpha value is -1.10. The van der Waals surface area contributed by atoms with Gasteiger partial charge in [-0.05, 0) is 57.0 Å². The van der Waals surface area contributed by atoms with Crippen LogP contribution >= 0.6 is 0 Å². The molecule has 0 aliphatic carbocycles. The standard InChI is InChI=1S/C21H37N3O2/c1-17-13-18(2)15-24(14-17)20(25)16-22-11-7-19(8-12-22)21(26)23-9-5-3-4-6-10-23/h17-19H,3-16H2,1-2H3. The molecule has 3 saturated heterocycles. The summed E-state index contributed by atoms with van der Waals surface area (Å²) in [5.41, 5.74) is 0. The molecule has 3 rings (SSSR count). The quantitative estimate of drug-likeness (QED) is 0.774. The van der Waals surface area contributed by atoms with Crippen LogP contribution in [0.3, 0.4) is 0 Å². The molecule has 3 heterocycles. The Labute approximate surface area is 159 Å². The minimum Gasteiger partial charge on any atom is -0.342 e. The lowest BCUT2D eigenvalue weighted by molar-refractivity contribution is -0.138.